The van der Waals surface area contributed by atoms with Crippen LogP contribution in [0.1, 0.15) is 33.1 Å². The molecule has 0 radical (unpaired) electrons. The zero-order valence-corrected chi connectivity index (χ0v) is 7.69. The van der Waals surface area contributed by atoms with E-state index in [-0.39, 0.29) is 0 Å². The zero-order valence-electron chi connectivity index (χ0n) is 7.69. The highest BCUT2D eigenvalue weighted by Gasteiger charge is 2.50. The molecule has 2 rings (SSSR count). The van der Waals surface area contributed by atoms with Crippen LogP contribution in [0.25, 0.3) is 0 Å². The minimum Gasteiger partial charge on any atom is -0.316 e. The summed E-state index contributed by atoms with van der Waals surface area (Å²) in [6, 6.07) is 0. The average molecular weight is 153 g/mol. The van der Waals surface area contributed by atoms with Gasteiger partial charge < -0.3 is 5.32 Å². The highest BCUT2D eigenvalue weighted by atomic mass is 15.0. The number of rotatable bonds is 2. The van der Waals surface area contributed by atoms with Gasteiger partial charge in [-0.25, -0.2) is 0 Å². The van der Waals surface area contributed by atoms with E-state index in [0.717, 1.165) is 17.3 Å². The van der Waals surface area contributed by atoms with Crippen molar-refractivity contribution in [3.63, 3.8) is 0 Å². The fraction of sp³-hybridized carbons (Fsp3) is 1.00. The Labute approximate surface area is 69.6 Å². The van der Waals surface area contributed by atoms with E-state index < -0.39 is 0 Å². The van der Waals surface area contributed by atoms with Gasteiger partial charge in [0, 0.05) is 13.1 Å². The monoisotopic (exact) mass is 153 g/mol. The molecule has 1 spiro atoms. The summed E-state index contributed by atoms with van der Waals surface area (Å²) in [5.74, 6) is 1.96. The van der Waals surface area contributed by atoms with Gasteiger partial charge in [-0.2, -0.15) is 0 Å². The lowest BCUT2D eigenvalue weighted by molar-refractivity contribution is -0.0345. The predicted octanol–water partition coefficient (Wildman–Crippen LogP) is 2.03. The third-order valence-corrected chi connectivity index (χ3v) is 3.57. The quantitative estimate of drug-likeness (QED) is 0.640. The molecule has 1 saturated carbocycles. The van der Waals surface area contributed by atoms with Gasteiger partial charge in [0.25, 0.3) is 0 Å². The third kappa shape index (κ3) is 1.10. The van der Waals surface area contributed by atoms with Gasteiger partial charge in [0.05, 0.1) is 0 Å². The van der Waals surface area contributed by atoms with Gasteiger partial charge in [-0.15, -0.1) is 0 Å². The normalized spacial score (nSPS) is 33.5. The lowest BCUT2D eigenvalue weighted by atomic mass is 9.55. The first-order valence-corrected chi connectivity index (χ1v) is 4.94. The summed E-state index contributed by atoms with van der Waals surface area (Å²) in [7, 11) is 0. The lowest BCUT2D eigenvalue weighted by Gasteiger charge is -2.57. The number of nitrogens with one attached hydrogen (secondary N) is 1. The van der Waals surface area contributed by atoms with Gasteiger partial charge in [-0.3, -0.25) is 0 Å². The summed E-state index contributed by atoms with van der Waals surface area (Å²) in [5.41, 5.74) is 0.782. The summed E-state index contributed by atoms with van der Waals surface area (Å²) in [6.45, 7) is 7.31. The summed E-state index contributed by atoms with van der Waals surface area (Å²) < 4.78 is 0. The molecule has 1 N–H and O–H groups in total. The molecule has 1 aliphatic carbocycles. The molecular weight excluding hydrogens is 134 g/mol. The number of hydrogen-bond acceptors (Lipinski definition) is 1. The van der Waals surface area contributed by atoms with Crippen molar-refractivity contribution in [1.29, 1.82) is 0 Å². The molecule has 1 unspecified atom stereocenters. The Kier molecular flexibility index (Phi) is 1.71. The standard InChI is InChI=1S/C10H19N/c1-8(2)5-9-3-4-10(9)6-11-7-10/h8-9,11H,3-7H2,1-2H3. The predicted molar refractivity (Wildman–Crippen MR) is 47.5 cm³/mol. The molecule has 0 amide bonds. The van der Waals surface area contributed by atoms with Gasteiger partial charge in [0.15, 0.2) is 0 Å². The van der Waals surface area contributed by atoms with Gasteiger partial charge >= 0.3 is 0 Å². The molecule has 1 heterocycles. The van der Waals surface area contributed by atoms with Crippen LogP contribution in [0.2, 0.25) is 0 Å². The van der Waals surface area contributed by atoms with Gasteiger partial charge in [0.2, 0.25) is 0 Å². The Morgan fingerprint density at radius 2 is 2.18 bits per heavy atom. The molecule has 2 aliphatic rings. The summed E-state index contributed by atoms with van der Waals surface area (Å²) in [4.78, 5) is 0. The molecule has 11 heavy (non-hydrogen) atoms. The van der Waals surface area contributed by atoms with Gasteiger partial charge in [-0.1, -0.05) is 13.8 Å². The van der Waals surface area contributed by atoms with Crippen LogP contribution in [0.4, 0.5) is 0 Å². The van der Waals surface area contributed by atoms with Crippen LogP contribution in [0, 0.1) is 17.3 Å². The molecular formula is C10H19N. The third-order valence-electron chi connectivity index (χ3n) is 3.57. The Bertz CT molecular complexity index is 141. The molecule has 0 aromatic heterocycles. The van der Waals surface area contributed by atoms with E-state index in [0.29, 0.717) is 0 Å². The fourth-order valence-electron chi connectivity index (χ4n) is 2.61. The molecule has 2 fully saturated rings. The van der Waals surface area contributed by atoms with Gasteiger partial charge in [-0.05, 0) is 36.5 Å². The average Bonchev–Trinajstić information content (AvgIpc) is 1.76. The second-order valence-corrected chi connectivity index (χ2v) is 4.83. The van der Waals surface area contributed by atoms with E-state index in [1.54, 1.807) is 0 Å². The Hall–Kier alpha value is -0.0400. The molecule has 1 nitrogen and oxygen atoms in total. The van der Waals surface area contributed by atoms with Crippen LogP contribution >= 0.6 is 0 Å². The van der Waals surface area contributed by atoms with E-state index in [2.05, 4.69) is 19.2 Å². The minimum absolute atomic E-state index is 0.782. The van der Waals surface area contributed by atoms with Crippen molar-refractivity contribution in [2.24, 2.45) is 17.3 Å². The van der Waals surface area contributed by atoms with E-state index in [4.69, 9.17) is 0 Å². The smallest absolute Gasteiger partial charge is 0.00229 e. The van der Waals surface area contributed by atoms with Crippen LogP contribution in [0.15, 0.2) is 0 Å². The molecule has 64 valence electrons. The first-order chi connectivity index (χ1) is 5.23. The maximum Gasteiger partial charge on any atom is 0.00229 e. The van der Waals surface area contributed by atoms with E-state index in [1.165, 1.54) is 32.4 Å². The molecule has 1 aliphatic heterocycles. The van der Waals surface area contributed by atoms with Crippen molar-refractivity contribution in [1.82, 2.24) is 5.32 Å². The summed E-state index contributed by atoms with van der Waals surface area (Å²) in [6.07, 6.45) is 4.46. The first kappa shape index (κ1) is 7.60. The Morgan fingerprint density at radius 1 is 1.45 bits per heavy atom. The van der Waals surface area contributed by atoms with E-state index in [1.807, 2.05) is 0 Å². The van der Waals surface area contributed by atoms with Crippen molar-refractivity contribution < 1.29 is 0 Å². The van der Waals surface area contributed by atoms with Crippen LogP contribution in [-0.4, -0.2) is 13.1 Å². The van der Waals surface area contributed by atoms with Crippen molar-refractivity contribution in [3.8, 4) is 0 Å². The SMILES string of the molecule is CC(C)CC1CCC12CNC2. The molecule has 0 aromatic rings. The van der Waals surface area contributed by atoms with E-state index in [9.17, 15) is 0 Å². The van der Waals surface area contributed by atoms with E-state index >= 15 is 0 Å². The highest BCUT2D eigenvalue weighted by molar-refractivity contribution is 5.04. The van der Waals surface area contributed by atoms with Crippen molar-refractivity contribution >= 4 is 0 Å². The summed E-state index contributed by atoms with van der Waals surface area (Å²) >= 11 is 0. The lowest BCUT2D eigenvalue weighted by Crippen LogP contribution is -2.62. The molecule has 1 heteroatoms. The van der Waals surface area contributed by atoms with Crippen LogP contribution in [-0.2, 0) is 0 Å². The largest absolute Gasteiger partial charge is 0.316 e. The minimum atomic E-state index is 0.782. The van der Waals surface area contributed by atoms with Crippen LogP contribution in [0.5, 0.6) is 0 Å². The Morgan fingerprint density at radius 3 is 2.45 bits per heavy atom. The van der Waals surface area contributed by atoms with Crippen LogP contribution in [0.3, 0.4) is 0 Å². The molecule has 1 atom stereocenters. The highest BCUT2D eigenvalue weighted by Crippen LogP contribution is 2.51. The molecule has 0 aromatic carbocycles. The number of hydrogen-bond donors (Lipinski definition) is 1. The van der Waals surface area contributed by atoms with Crippen molar-refractivity contribution in [3.05, 3.63) is 0 Å². The fourth-order valence-corrected chi connectivity index (χ4v) is 2.61. The van der Waals surface area contributed by atoms with Crippen molar-refractivity contribution in [2.45, 2.75) is 33.1 Å². The Balaban J connectivity index is 1.86. The second-order valence-electron chi connectivity index (χ2n) is 4.83. The summed E-state index contributed by atoms with van der Waals surface area (Å²) in [5, 5.41) is 3.41. The molecule has 1 saturated heterocycles. The maximum atomic E-state index is 3.41. The first-order valence-electron chi connectivity index (χ1n) is 4.94. The van der Waals surface area contributed by atoms with Crippen LogP contribution < -0.4 is 5.32 Å². The zero-order chi connectivity index (χ0) is 7.90. The van der Waals surface area contributed by atoms with Gasteiger partial charge in [0.1, 0.15) is 0 Å². The maximum absolute atomic E-state index is 3.41. The van der Waals surface area contributed by atoms with Crippen molar-refractivity contribution in [2.75, 3.05) is 13.1 Å². The second kappa shape index (κ2) is 2.48. The molecule has 0 bridgehead atoms. The topological polar surface area (TPSA) is 12.0 Å².